The Bertz CT molecular complexity index is 983. The molecule has 1 aliphatic rings. The highest BCUT2D eigenvalue weighted by atomic mass is 32.2. The summed E-state index contributed by atoms with van der Waals surface area (Å²) in [6, 6.07) is 17.1. The maximum atomic E-state index is 12.8. The second-order valence-corrected chi connectivity index (χ2v) is 8.58. The van der Waals surface area contributed by atoms with Crippen LogP contribution < -0.4 is 4.74 Å². The number of thioether (sulfide) groups is 1. The van der Waals surface area contributed by atoms with Crippen LogP contribution in [0, 0.1) is 0 Å². The Morgan fingerprint density at radius 3 is 2.63 bits per heavy atom. The average molecular weight is 424 g/mol. The van der Waals surface area contributed by atoms with Crippen molar-refractivity contribution in [2.24, 2.45) is 0 Å². The first-order valence-corrected chi connectivity index (χ1v) is 11.0. The standard InChI is InChI=1S/C23H25N3O3S/c1-16(21(27)17-7-4-3-5-8-17)30-23-25-24-22(18-10-12-19(28-2)13-11-18)26(23)15-20-9-6-14-29-20/h3-5,7-8,10-13,16,20H,6,9,14-15H2,1-2H3. The third-order valence-corrected chi connectivity index (χ3v) is 6.27. The fourth-order valence-corrected chi connectivity index (χ4v) is 4.47. The van der Waals surface area contributed by atoms with Gasteiger partial charge in [-0.05, 0) is 44.0 Å². The minimum atomic E-state index is -0.274. The van der Waals surface area contributed by atoms with Crippen LogP contribution in [0.25, 0.3) is 11.4 Å². The first-order valence-electron chi connectivity index (χ1n) is 10.1. The van der Waals surface area contributed by atoms with E-state index in [1.54, 1.807) is 7.11 Å². The highest BCUT2D eigenvalue weighted by Gasteiger charge is 2.25. The molecule has 0 saturated carbocycles. The third-order valence-electron chi connectivity index (χ3n) is 5.18. The van der Waals surface area contributed by atoms with Gasteiger partial charge in [-0.3, -0.25) is 9.36 Å². The van der Waals surface area contributed by atoms with Gasteiger partial charge in [0.15, 0.2) is 16.8 Å². The molecule has 0 bridgehead atoms. The van der Waals surface area contributed by atoms with E-state index in [4.69, 9.17) is 9.47 Å². The maximum Gasteiger partial charge on any atom is 0.192 e. The quantitative estimate of drug-likeness (QED) is 0.393. The molecule has 6 nitrogen and oxygen atoms in total. The van der Waals surface area contributed by atoms with E-state index in [0.29, 0.717) is 12.1 Å². The minimum absolute atomic E-state index is 0.0817. The normalized spacial score (nSPS) is 17.1. The molecule has 0 aliphatic carbocycles. The van der Waals surface area contributed by atoms with E-state index in [-0.39, 0.29) is 17.1 Å². The predicted octanol–water partition coefficient (Wildman–Crippen LogP) is 4.50. The van der Waals surface area contributed by atoms with Crippen LogP contribution in [0.2, 0.25) is 0 Å². The second kappa shape index (κ2) is 9.45. The van der Waals surface area contributed by atoms with E-state index >= 15 is 0 Å². The summed E-state index contributed by atoms with van der Waals surface area (Å²) in [6.45, 7) is 3.37. The lowest BCUT2D eigenvalue weighted by Crippen LogP contribution is -2.19. The molecule has 1 aromatic heterocycles. The van der Waals surface area contributed by atoms with Crippen molar-refractivity contribution in [1.82, 2.24) is 14.8 Å². The molecule has 2 atom stereocenters. The Kier molecular flexibility index (Phi) is 6.50. The van der Waals surface area contributed by atoms with Crippen molar-refractivity contribution in [3.8, 4) is 17.1 Å². The van der Waals surface area contributed by atoms with Crippen molar-refractivity contribution < 1.29 is 14.3 Å². The topological polar surface area (TPSA) is 66.2 Å². The molecule has 1 saturated heterocycles. The molecule has 1 fully saturated rings. The summed E-state index contributed by atoms with van der Waals surface area (Å²) < 4.78 is 13.2. The molecule has 7 heteroatoms. The molecule has 2 heterocycles. The van der Waals surface area contributed by atoms with Crippen molar-refractivity contribution in [1.29, 1.82) is 0 Å². The van der Waals surface area contributed by atoms with Crippen LogP contribution >= 0.6 is 11.8 Å². The van der Waals surface area contributed by atoms with Crippen molar-refractivity contribution in [2.75, 3.05) is 13.7 Å². The summed E-state index contributed by atoms with van der Waals surface area (Å²) >= 11 is 1.44. The monoisotopic (exact) mass is 423 g/mol. The van der Waals surface area contributed by atoms with Gasteiger partial charge in [0.1, 0.15) is 5.75 Å². The molecule has 30 heavy (non-hydrogen) atoms. The van der Waals surface area contributed by atoms with Gasteiger partial charge in [-0.25, -0.2) is 0 Å². The zero-order valence-corrected chi connectivity index (χ0v) is 18.0. The Morgan fingerprint density at radius 1 is 1.20 bits per heavy atom. The Labute approximate surface area is 180 Å². The molecule has 3 aromatic rings. The number of ketones is 1. The van der Waals surface area contributed by atoms with Crippen molar-refractivity contribution in [2.45, 2.75) is 42.8 Å². The molecule has 2 unspecified atom stereocenters. The number of nitrogens with zero attached hydrogens (tertiary/aromatic N) is 3. The van der Waals surface area contributed by atoms with Crippen LogP contribution in [-0.2, 0) is 11.3 Å². The van der Waals surface area contributed by atoms with Crippen LogP contribution in [-0.4, -0.2) is 45.6 Å². The predicted molar refractivity (Wildman–Crippen MR) is 117 cm³/mol. The molecule has 0 amide bonds. The van der Waals surface area contributed by atoms with Crippen molar-refractivity contribution in [3.63, 3.8) is 0 Å². The number of rotatable bonds is 8. The minimum Gasteiger partial charge on any atom is -0.497 e. The highest BCUT2D eigenvalue weighted by molar-refractivity contribution is 8.00. The molecule has 0 radical (unpaired) electrons. The SMILES string of the molecule is COc1ccc(-c2nnc(SC(C)C(=O)c3ccccc3)n2CC2CCCO2)cc1. The van der Waals surface area contributed by atoms with Gasteiger partial charge in [0.2, 0.25) is 0 Å². The van der Waals surface area contributed by atoms with Gasteiger partial charge in [0.05, 0.1) is 25.0 Å². The van der Waals surface area contributed by atoms with Crippen LogP contribution in [0.5, 0.6) is 5.75 Å². The van der Waals surface area contributed by atoms with Gasteiger partial charge in [0, 0.05) is 17.7 Å². The number of Topliss-reactive ketones (excluding diaryl/α,β-unsaturated/α-hetero) is 1. The zero-order valence-electron chi connectivity index (χ0n) is 17.2. The summed E-state index contributed by atoms with van der Waals surface area (Å²) in [4.78, 5) is 12.8. The fraction of sp³-hybridized carbons (Fsp3) is 0.348. The summed E-state index contributed by atoms with van der Waals surface area (Å²) in [6.07, 6.45) is 2.22. The van der Waals surface area contributed by atoms with Gasteiger partial charge in [-0.15, -0.1) is 10.2 Å². The number of methoxy groups -OCH3 is 1. The van der Waals surface area contributed by atoms with Gasteiger partial charge < -0.3 is 9.47 Å². The second-order valence-electron chi connectivity index (χ2n) is 7.27. The van der Waals surface area contributed by atoms with Crippen molar-refractivity contribution in [3.05, 3.63) is 60.2 Å². The van der Waals surface area contributed by atoms with Gasteiger partial charge in [0.25, 0.3) is 0 Å². The van der Waals surface area contributed by atoms with Gasteiger partial charge in [-0.2, -0.15) is 0 Å². The number of ether oxygens (including phenoxy) is 2. The summed E-state index contributed by atoms with van der Waals surface area (Å²) in [5, 5.41) is 9.34. The summed E-state index contributed by atoms with van der Waals surface area (Å²) in [7, 11) is 1.65. The van der Waals surface area contributed by atoms with Gasteiger partial charge in [-0.1, -0.05) is 42.1 Å². The molecule has 4 rings (SSSR count). The lowest BCUT2D eigenvalue weighted by Gasteiger charge is -2.16. The molecular weight excluding hydrogens is 398 g/mol. The largest absolute Gasteiger partial charge is 0.497 e. The first kappa shape index (κ1) is 20.6. The third kappa shape index (κ3) is 4.57. The Hall–Kier alpha value is -2.64. The zero-order chi connectivity index (χ0) is 20.9. The van der Waals surface area contributed by atoms with Crippen LogP contribution in [0.3, 0.4) is 0 Å². The van der Waals surface area contributed by atoms with E-state index in [0.717, 1.165) is 41.7 Å². The number of benzene rings is 2. The number of hydrogen-bond acceptors (Lipinski definition) is 6. The van der Waals surface area contributed by atoms with Crippen LogP contribution in [0.1, 0.15) is 30.1 Å². The van der Waals surface area contributed by atoms with E-state index in [1.807, 2.05) is 61.5 Å². The first-order chi connectivity index (χ1) is 14.7. The molecule has 156 valence electrons. The summed E-state index contributed by atoms with van der Waals surface area (Å²) in [5.41, 5.74) is 1.66. The van der Waals surface area contributed by atoms with E-state index in [1.165, 1.54) is 11.8 Å². The molecule has 1 aliphatic heterocycles. The number of carbonyl (C=O) groups excluding carboxylic acids is 1. The lowest BCUT2D eigenvalue weighted by molar-refractivity contribution is 0.0953. The highest BCUT2D eigenvalue weighted by Crippen LogP contribution is 2.30. The van der Waals surface area contributed by atoms with Crippen LogP contribution in [0.15, 0.2) is 59.8 Å². The van der Waals surface area contributed by atoms with E-state index in [2.05, 4.69) is 14.8 Å². The molecule has 2 aromatic carbocycles. The maximum absolute atomic E-state index is 12.8. The number of hydrogen-bond donors (Lipinski definition) is 0. The molecule has 0 spiro atoms. The summed E-state index contributed by atoms with van der Waals surface area (Å²) in [5.74, 6) is 1.65. The number of aromatic nitrogens is 3. The molecular formula is C23H25N3O3S. The smallest absolute Gasteiger partial charge is 0.192 e. The molecule has 0 N–H and O–H groups in total. The Balaban J connectivity index is 1.61. The Morgan fingerprint density at radius 2 is 1.97 bits per heavy atom. The van der Waals surface area contributed by atoms with E-state index < -0.39 is 0 Å². The van der Waals surface area contributed by atoms with Crippen molar-refractivity contribution >= 4 is 17.5 Å². The van der Waals surface area contributed by atoms with Gasteiger partial charge >= 0.3 is 0 Å². The van der Waals surface area contributed by atoms with Crippen LogP contribution in [0.4, 0.5) is 0 Å². The fourth-order valence-electron chi connectivity index (χ4n) is 3.53. The number of carbonyl (C=O) groups is 1. The lowest BCUT2D eigenvalue weighted by atomic mass is 10.1. The van der Waals surface area contributed by atoms with E-state index in [9.17, 15) is 4.79 Å². The average Bonchev–Trinajstić information content (AvgIpc) is 3.45.